The minimum absolute atomic E-state index is 0.0252. The SMILES string of the molecule is CCCCCCCCS(=O)(=O)OC1C=CC(=C(C#N)c2ccccc2C)S1=N. The largest absolute Gasteiger partial charge is 0.273 e. The lowest BCUT2D eigenvalue weighted by atomic mass is 10.0. The first-order chi connectivity index (χ1) is 13.4. The Balaban J connectivity index is 2.03. The monoisotopic (exact) mass is 420 g/mol. The quantitative estimate of drug-likeness (QED) is 0.319. The Kier molecular flexibility index (Phi) is 8.61. The number of nitrogens with one attached hydrogen (secondary N) is 1. The van der Waals surface area contributed by atoms with E-state index in [1.54, 1.807) is 12.2 Å². The van der Waals surface area contributed by atoms with Gasteiger partial charge in [-0.25, -0.2) is 0 Å². The van der Waals surface area contributed by atoms with Crippen LogP contribution in [0, 0.1) is 23.0 Å². The van der Waals surface area contributed by atoms with Gasteiger partial charge in [-0.2, -0.15) is 13.7 Å². The normalized spacial score (nSPS) is 20.9. The van der Waals surface area contributed by atoms with Crippen molar-refractivity contribution in [3.8, 4) is 6.07 Å². The molecule has 1 aromatic carbocycles. The van der Waals surface area contributed by atoms with Gasteiger partial charge in [0.1, 0.15) is 6.07 Å². The van der Waals surface area contributed by atoms with Crippen LogP contribution in [0.2, 0.25) is 0 Å². The second kappa shape index (κ2) is 10.7. The Morgan fingerprint density at radius 2 is 1.89 bits per heavy atom. The summed E-state index contributed by atoms with van der Waals surface area (Å²) in [5.74, 6) is -0.0252. The number of rotatable bonds is 10. The highest BCUT2D eigenvalue weighted by Gasteiger charge is 2.28. The molecule has 1 aliphatic heterocycles. The molecule has 1 N–H and O–H groups in total. The summed E-state index contributed by atoms with van der Waals surface area (Å²) in [6, 6.07) is 9.68. The number of allylic oxidation sites excluding steroid dienone is 2. The standard InChI is InChI=1S/C21H28N2O3S2/c1-3-4-5-6-7-10-15-28(24,25)26-21-14-13-20(27(21)23)19(16-22)18-12-9-8-11-17(18)2/h8-9,11-14,21,23H,3-7,10,15H2,1-2H3. The van der Waals surface area contributed by atoms with Gasteiger partial charge in [-0.05, 0) is 47.3 Å². The van der Waals surface area contributed by atoms with E-state index in [1.807, 2.05) is 31.2 Å². The molecule has 1 heterocycles. The number of unbranched alkanes of at least 4 members (excludes halogenated alkanes) is 5. The van der Waals surface area contributed by atoms with Crippen LogP contribution in [0.15, 0.2) is 41.3 Å². The second-order valence-corrected chi connectivity index (χ2v) is 10.2. The van der Waals surface area contributed by atoms with E-state index in [0.29, 0.717) is 16.9 Å². The fourth-order valence-electron chi connectivity index (χ4n) is 3.06. The molecule has 2 unspecified atom stereocenters. The molecule has 2 atom stereocenters. The minimum Gasteiger partial charge on any atom is -0.273 e. The maximum absolute atomic E-state index is 12.3. The molecule has 0 amide bonds. The molecular formula is C21H28N2O3S2. The first kappa shape index (κ1) is 22.5. The topological polar surface area (TPSA) is 91.0 Å². The van der Waals surface area contributed by atoms with Crippen LogP contribution in [-0.4, -0.2) is 19.6 Å². The van der Waals surface area contributed by atoms with Crippen LogP contribution < -0.4 is 0 Å². The molecule has 2 rings (SSSR count). The summed E-state index contributed by atoms with van der Waals surface area (Å²) in [7, 11) is -4.94. The Hall–Kier alpha value is -1.75. The summed E-state index contributed by atoms with van der Waals surface area (Å²) >= 11 is 0. The van der Waals surface area contributed by atoms with E-state index in [1.165, 1.54) is 6.42 Å². The maximum atomic E-state index is 12.3. The Labute approximate surface area is 171 Å². The zero-order valence-corrected chi connectivity index (χ0v) is 18.1. The maximum Gasteiger partial charge on any atom is 0.268 e. The fourth-order valence-corrected chi connectivity index (χ4v) is 5.83. The molecular weight excluding hydrogens is 392 g/mol. The number of hydrogen-bond donors (Lipinski definition) is 1. The van der Waals surface area contributed by atoms with Gasteiger partial charge in [-0.3, -0.25) is 8.96 Å². The third-order valence-corrected chi connectivity index (χ3v) is 7.58. The predicted molar refractivity (Wildman–Crippen MR) is 115 cm³/mol. The lowest BCUT2D eigenvalue weighted by Crippen LogP contribution is -2.20. The highest BCUT2D eigenvalue weighted by molar-refractivity contribution is 7.92. The van der Waals surface area contributed by atoms with Gasteiger partial charge in [0, 0.05) is 4.91 Å². The molecule has 0 aliphatic carbocycles. The number of benzene rings is 1. The molecule has 7 heteroatoms. The first-order valence-corrected chi connectivity index (χ1v) is 12.5. The van der Waals surface area contributed by atoms with Crippen LogP contribution in [0.5, 0.6) is 0 Å². The molecule has 0 fully saturated rings. The highest BCUT2D eigenvalue weighted by atomic mass is 32.2. The van der Waals surface area contributed by atoms with Gasteiger partial charge in [-0.1, -0.05) is 63.3 Å². The van der Waals surface area contributed by atoms with E-state index in [4.69, 9.17) is 8.96 Å². The van der Waals surface area contributed by atoms with Gasteiger partial charge in [0.25, 0.3) is 10.1 Å². The summed E-state index contributed by atoms with van der Waals surface area (Å²) in [4.78, 5) is 0.525. The lowest BCUT2D eigenvalue weighted by Gasteiger charge is -2.13. The number of aryl methyl sites for hydroxylation is 1. The first-order valence-electron chi connectivity index (χ1n) is 9.63. The van der Waals surface area contributed by atoms with Gasteiger partial charge in [0.15, 0.2) is 5.44 Å². The van der Waals surface area contributed by atoms with Crippen molar-refractivity contribution < 1.29 is 12.6 Å². The summed E-state index contributed by atoms with van der Waals surface area (Å²) < 4.78 is 38.3. The van der Waals surface area contributed by atoms with Gasteiger partial charge in [0.2, 0.25) is 0 Å². The van der Waals surface area contributed by atoms with Gasteiger partial charge in [0.05, 0.1) is 11.3 Å². The minimum atomic E-state index is -3.69. The van der Waals surface area contributed by atoms with Crippen LogP contribution in [0.1, 0.15) is 56.6 Å². The van der Waals surface area contributed by atoms with Crippen LogP contribution in [0.4, 0.5) is 0 Å². The van der Waals surface area contributed by atoms with Crippen molar-refractivity contribution >= 4 is 26.4 Å². The van der Waals surface area contributed by atoms with Crippen LogP contribution >= 0.6 is 0 Å². The molecule has 0 saturated heterocycles. The summed E-state index contributed by atoms with van der Waals surface area (Å²) in [5.41, 5.74) is 1.27. The molecule has 1 aromatic rings. The van der Waals surface area contributed by atoms with E-state index in [-0.39, 0.29) is 5.75 Å². The molecule has 152 valence electrons. The van der Waals surface area contributed by atoms with Crippen molar-refractivity contribution in [3.05, 3.63) is 52.4 Å². The van der Waals surface area contributed by atoms with Crippen molar-refractivity contribution in [3.63, 3.8) is 0 Å². The third kappa shape index (κ3) is 6.13. The smallest absolute Gasteiger partial charge is 0.268 e. The van der Waals surface area contributed by atoms with E-state index < -0.39 is 26.2 Å². The Bertz CT molecular complexity index is 912. The molecule has 0 saturated carbocycles. The average Bonchev–Trinajstić information content (AvgIpc) is 3.00. The van der Waals surface area contributed by atoms with E-state index in [9.17, 15) is 13.7 Å². The number of hydrogen-bond acceptors (Lipinski definition) is 5. The van der Waals surface area contributed by atoms with Crippen LogP contribution in [0.25, 0.3) is 5.57 Å². The van der Waals surface area contributed by atoms with Gasteiger partial charge < -0.3 is 0 Å². The summed E-state index contributed by atoms with van der Waals surface area (Å²) in [6.07, 6.45) is 9.18. The number of nitriles is 1. The average molecular weight is 421 g/mol. The van der Waals surface area contributed by atoms with Crippen molar-refractivity contribution in [2.75, 3.05) is 5.75 Å². The molecule has 5 nitrogen and oxygen atoms in total. The predicted octanol–water partition coefficient (Wildman–Crippen LogP) is 5.21. The second-order valence-electron chi connectivity index (χ2n) is 6.86. The van der Waals surface area contributed by atoms with Crippen LogP contribution in [-0.2, 0) is 25.0 Å². The van der Waals surface area contributed by atoms with E-state index >= 15 is 0 Å². The van der Waals surface area contributed by atoms with Crippen molar-refractivity contribution in [1.82, 2.24) is 0 Å². The van der Waals surface area contributed by atoms with E-state index in [0.717, 1.165) is 36.8 Å². The Morgan fingerprint density at radius 3 is 2.57 bits per heavy atom. The molecule has 0 aromatic heterocycles. The van der Waals surface area contributed by atoms with Crippen molar-refractivity contribution in [2.24, 2.45) is 0 Å². The molecule has 28 heavy (non-hydrogen) atoms. The number of nitrogens with zero attached hydrogens (tertiary/aromatic N) is 1. The zero-order valence-electron chi connectivity index (χ0n) is 16.5. The van der Waals surface area contributed by atoms with Crippen LogP contribution in [0.3, 0.4) is 0 Å². The molecule has 1 aliphatic rings. The van der Waals surface area contributed by atoms with Crippen molar-refractivity contribution in [1.29, 1.82) is 10.0 Å². The summed E-state index contributed by atoms with van der Waals surface area (Å²) in [5, 5.41) is 9.63. The molecule has 0 bridgehead atoms. The Morgan fingerprint density at radius 1 is 1.21 bits per heavy atom. The molecule has 0 radical (unpaired) electrons. The third-order valence-electron chi connectivity index (χ3n) is 4.64. The fraction of sp³-hybridized carbons (Fsp3) is 0.476. The lowest BCUT2D eigenvalue weighted by molar-refractivity contribution is 0.330. The van der Waals surface area contributed by atoms with Gasteiger partial charge in [-0.15, -0.1) is 0 Å². The summed E-state index contributed by atoms with van der Waals surface area (Å²) in [6.45, 7) is 4.05. The van der Waals surface area contributed by atoms with E-state index in [2.05, 4.69) is 13.0 Å². The van der Waals surface area contributed by atoms with Gasteiger partial charge >= 0.3 is 0 Å². The zero-order chi connectivity index (χ0) is 20.6. The highest BCUT2D eigenvalue weighted by Crippen LogP contribution is 2.31. The molecule has 0 spiro atoms. The van der Waals surface area contributed by atoms with Crippen molar-refractivity contribution in [2.45, 2.75) is 57.8 Å².